The van der Waals surface area contributed by atoms with Crippen molar-refractivity contribution >= 4 is 17.5 Å². The Hall–Kier alpha value is -2.52. The number of nitrogens with zero attached hydrogens (tertiary/aromatic N) is 5. The van der Waals surface area contributed by atoms with Crippen LogP contribution in [0.1, 0.15) is 46.5 Å². The van der Waals surface area contributed by atoms with Crippen molar-refractivity contribution in [3.8, 4) is 0 Å². The van der Waals surface area contributed by atoms with Crippen LogP contribution in [0.25, 0.3) is 0 Å². The summed E-state index contributed by atoms with van der Waals surface area (Å²) in [5, 5.41) is 0. The molecule has 37 heavy (non-hydrogen) atoms. The number of rotatable bonds is 14. The average molecular weight is 519 g/mol. The lowest BCUT2D eigenvalue weighted by atomic mass is 9.86. The number of amides is 1. The van der Waals surface area contributed by atoms with Gasteiger partial charge in [0, 0.05) is 57.5 Å². The second kappa shape index (κ2) is 14.4. The van der Waals surface area contributed by atoms with E-state index >= 15 is 0 Å². The summed E-state index contributed by atoms with van der Waals surface area (Å²) < 4.78 is 21.1. The standard InChI is InChI=1S/C28H47FN6O2/c1-9-21(29)15-25(37-14-13-24(19(3)31-4)27(30)28(36)34(7)8)23(10-2)20-11-12-26-32-16-22(18-33(5)6)35(26)17-20/h11-12,17,21-23,25H,9-10,13-16,18,30H2,1-8H3. The number of alkyl halides is 1. The highest BCUT2D eigenvalue weighted by atomic mass is 19.1. The van der Waals surface area contributed by atoms with Crippen LogP contribution in [0.5, 0.6) is 0 Å². The van der Waals surface area contributed by atoms with Gasteiger partial charge in [-0.2, -0.15) is 0 Å². The maximum absolute atomic E-state index is 14.7. The molecule has 0 spiro atoms. The van der Waals surface area contributed by atoms with Crippen molar-refractivity contribution in [1.29, 1.82) is 0 Å². The number of nitrogens with two attached hydrogens (primary N) is 1. The van der Waals surface area contributed by atoms with Gasteiger partial charge in [-0.3, -0.25) is 14.8 Å². The number of amidine groups is 1. The fourth-order valence-corrected chi connectivity index (χ4v) is 4.84. The van der Waals surface area contributed by atoms with Gasteiger partial charge in [0.05, 0.1) is 25.3 Å². The summed E-state index contributed by atoms with van der Waals surface area (Å²) in [7, 11) is 9.15. The molecule has 8 nitrogen and oxygen atoms in total. The lowest BCUT2D eigenvalue weighted by Gasteiger charge is -2.33. The van der Waals surface area contributed by atoms with Crippen molar-refractivity contribution in [3.05, 3.63) is 35.2 Å². The van der Waals surface area contributed by atoms with Crippen LogP contribution in [0.3, 0.4) is 0 Å². The topological polar surface area (TPSA) is 86.8 Å². The Kier molecular flexibility index (Phi) is 12.0. The number of carbonyl (C=O) groups excluding carboxylic acids is 1. The summed E-state index contributed by atoms with van der Waals surface area (Å²) in [6.45, 7) is 7.80. The van der Waals surface area contributed by atoms with Crippen molar-refractivity contribution in [2.24, 2.45) is 21.6 Å². The molecule has 2 rings (SSSR count). The molecule has 2 aliphatic heterocycles. The van der Waals surface area contributed by atoms with Crippen molar-refractivity contribution in [2.75, 3.05) is 54.9 Å². The fourth-order valence-electron chi connectivity index (χ4n) is 4.84. The minimum atomic E-state index is -0.952. The van der Waals surface area contributed by atoms with Crippen LogP contribution in [0, 0.1) is 5.92 Å². The zero-order chi connectivity index (χ0) is 27.7. The van der Waals surface area contributed by atoms with Gasteiger partial charge < -0.3 is 25.2 Å². The van der Waals surface area contributed by atoms with Gasteiger partial charge in [0.15, 0.2) is 0 Å². The summed E-state index contributed by atoms with van der Waals surface area (Å²) in [5.41, 5.74) is 8.88. The number of ether oxygens (including phenoxy) is 1. The molecular weight excluding hydrogens is 471 g/mol. The number of halogens is 1. The van der Waals surface area contributed by atoms with Gasteiger partial charge >= 0.3 is 0 Å². The van der Waals surface area contributed by atoms with Crippen molar-refractivity contribution < 1.29 is 13.9 Å². The Morgan fingerprint density at radius 3 is 2.54 bits per heavy atom. The third kappa shape index (κ3) is 8.23. The van der Waals surface area contributed by atoms with E-state index in [0.717, 1.165) is 30.9 Å². The Balaban J connectivity index is 2.26. The van der Waals surface area contributed by atoms with Crippen molar-refractivity contribution in [2.45, 2.75) is 64.8 Å². The summed E-state index contributed by atoms with van der Waals surface area (Å²) in [6.07, 6.45) is 7.07. The van der Waals surface area contributed by atoms with E-state index in [1.54, 1.807) is 21.1 Å². The molecule has 0 saturated heterocycles. The highest BCUT2D eigenvalue weighted by molar-refractivity contribution is 6.06. The minimum absolute atomic E-state index is 0.0253. The number of likely N-dealkylation sites (N-methyl/N-ethyl adjacent to an activating group) is 2. The number of aliphatic imine (C=N–C) groups is 2. The lowest BCUT2D eigenvalue weighted by molar-refractivity contribution is -0.124. The van der Waals surface area contributed by atoms with Crippen LogP contribution in [0.15, 0.2) is 45.2 Å². The summed E-state index contributed by atoms with van der Waals surface area (Å²) >= 11 is 0. The molecule has 0 aromatic carbocycles. The molecule has 9 heteroatoms. The Bertz CT molecular complexity index is 937. The quantitative estimate of drug-likeness (QED) is 0.281. The first kappa shape index (κ1) is 30.7. The summed E-state index contributed by atoms with van der Waals surface area (Å²) in [6, 6.07) is 0.285. The van der Waals surface area contributed by atoms with E-state index in [1.165, 1.54) is 4.90 Å². The van der Waals surface area contributed by atoms with Crippen molar-refractivity contribution in [3.63, 3.8) is 0 Å². The second-order valence-electron chi connectivity index (χ2n) is 10.3. The van der Waals surface area contributed by atoms with Gasteiger partial charge in [0.1, 0.15) is 17.7 Å². The summed E-state index contributed by atoms with van der Waals surface area (Å²) in [5.74, 6) is 0.742. The largest absolute Gasteiger partial charge is 0.394 e. The number of hydrogen-bond donors (Lipinski definition) is 1. The number of hydrogen-bond acceptors (Lipinski definition) is 7. The van der Waals surface area contributed by atoms with Gasteiger partial charge in [0.2, 0.25) is 0 Å². The molecule has 208 valence electrons. The van der Waals surface area contributed by atoms with Crippen LogP contribution in [-0.2, 0) is 9.53 Å². The first-order chi connectivity index (χ1) is 17.5. The third-order valence-corrected chi connectivity index (χ3v) is 7.08. The van der Waals surface area contributed by atoms with E-state index in [-0.39, 0.29) is 29.7 Å². The Labute approximate surface area is 222 Å². The normalized spacial score (nSPS) is 20.8. The zero-order valence-corrected chi connectivity index (χ0v) is 24.0. The molecule has 0 aromatic heterocycles. The van der Waals surface area contributed by atoms with Crippen LogP contribution in [-0.4, -0.2) is 105 Å². The van der Waals surface area contributed by atoms with E-state index in [4.69, 9.17) is 10.5 Å². The molecular formula is C28H47FN6O2. The SMILES string of the molecule is CCC(F)CC(OCCC(C(C)=NC)=C(N)C(=O)N(C)C)C(CC)C1=CN2C(=NCC2CN(C)C)C=C1. The second-order valence-corrected chi connectivity index (χ2v) is 10.3. The molecule has 1 amide bonds. The first-order valence-electron chi connectivity index (χ1n) is 13.3. The maximum atomic E-state index is 14.7. The first-order valence-corrected chi connectivity index (χ1v) is 13.3. The number of carbonyl (C=O) groups is 1. The van der Waals surface area contributed by atoms with Crippen molar-refractivity contribution in [1.82, 2.24) is 14.7 Å². The molecule has 0 aliphatic carbocycles. The highest BCUT2D eigenvalue weighted by Gasteiger charge is 2.32. The van der Waals surface area contributed by atoms with Crippen LogP contribution < -0.4 is 5.73 Å². The monoisotopic (exact) mass is 518 g/mol. The van der Waals surface area contributed by atoms with Crippen LogP contribution >= 0.6 is 0 Å². The molecule has 4 atom stereocenters. The van der Waals surface area contributed by atoms with Gasteiger partial charge in [-0.15, -0.1) is 0 Å². The molecule has 4 unspecified atom stereocenters. The molecule has 0 fully saturated rings. The molecule has 0 aromatic rings. The third-order valence-electron chi connectivity index (χ3n) is 7.08. The van der Waals surface area contributed by atoms with Gasteiger partial charge in [-0.05, 0) is 51.9 Å². The predicted molar refractivity (Wildman–Crippen MR) is 151 cm³/mol. The molecule has 0 saturated carbocycles. The van der Waals surface area contributed by atoms with Crippen LogP contribution in [0.4, 0.5) is 4.39 Å². The molecule has 2 aliphatic rings. The highest BCUT2D eigenvalue weighted by Crippen LogP contribution is 2.31. The average Bonchev–Trinajstić information content (AvgIpc) is 3.26. The zero-order valence-electron chi connectivity index (χ0n) is 24.0. The maximum Gasteiger partial charge on any atom is 0.269 e. The lowest BCUT2D eigenvalue weighted by Crippen LogP contribution is -2.41. The smallest absolute Gasteiger partial charge is 0.269 e. The van der Waals surface area contributed by atoms with E-state index < -0.39 is 6.17 Å². The van der Waals surface area contributed by atoms with Gasteiger partial charge in [-0.1, -0.05) is 19.9 Å². The van der Waals surface area contributed by atoms with E-state index in [1.807, 2.05) is 13.8 Å². The molecule has 2 N–H and O–H groups in total. The predicted octanol–water partition coefficient (Wildman–Crippen LogP) is 3.42. The number of fused-ring (bicyclic) bond motifs is 1. The molecule has 0 bridgehead atoms. The van der Waals surface area contributed by atoms with Crippen LogP contribution in [0.2, 0.25) is 0 Å². The molecule has 0 radical (unpaired) electrons. The number of allylic oxidation sites excluding steroid dienone is 1. The van der Waals surface area contributed by atoms with E-state index in [2.05, 4.69) is 59.2 Å². The Morgan fingerprint density at radius 2 is 1.97 bits per heavy atom. The van der Waals surface area contributed by atoms with E-state index in [0.29, 0.717) is 37.2 Å². The van der Waals surface area contributed by atoms with Gasteiger partial charge in [0.25, 0.3) is 5.91 Å². The minimum Gasteiger partial charge on any atom is -0.394 e. The fraction of sp³-hybridized carbons (Fsp3) is 0.679. The van der Waals surface area contributed by atoms with Gasteiger partial charge in [-0.25, -0.2) is 4.39 Å². The summed E-state index contributed by atoms with van der Waals surface area (Å²) in [4.78, 5) is 27.3. The van der Waals surface area contributed by atoms with E-state index in [9.17, 15) is 9.18 Å². The molecule has 2 heterocycles. The Morgan fingerprint density at radius 1 is 1.27 bits per heavy atom.